The minimum atomic E-state index is -0.117. The first-order valence-electron chi connectivity index (χ1n) is 3.10. The molecule has 0 radical (unpaired) electrons. The molecule has 58 valence electrons. The Hall–Kier alpha value is -0.930. The second-order valence-electron chi connectivity index (χ2n) is 3.00. The van der Waals surface area contributed by atoms with E-state index in [2.05, 4.69) is 15.3 Å². The summed E-state index contributed by atoms with van der Waals surface area (Å²) in [7, 11) is 1.59. The lowest BCUT2D eigenvalue weighted by Crippen LogP contribution is -2.19. The van der Waals surface area contributed by atoms with Crippen LogP contribution in [0.3, 0.4) is 0 Å². The molecule has 0 spiro atoms. The molecule has 10 heavy (non-hydrogen) atoms. The van der Waals surface area contributed by atoms with Crippen LogP contribution in [0.5, 0.6) is 0 Å². The monoisotopic (exact) mass is 142 g/mol. The molecule has 0 saturated carbocycles. The molecule has 0 aliphatic heterocycles. The van der Waals surface area contributed by atoms with Crippen LogP contribution in [0.2, 0.25) is 0 Å². The molecule has 4 nitrogen and oxygen atoms in total. The maximum absolute atomic E-state index is 5.08. The summed E-state index contributed by atoms with van der Waals surface area (Å²) in [6.45, 7) is 5.94. The molecule has 0 atom stereocenters. The molecule has 0 amide bonds. The molecule has 0 heterocycles. The van der Waals surface area contributed by atoms with Gasteiger partial charge in [-0.2, -0.15) is 10.2 Å². The first kappa shape index (κ1) is 9.07. The predicted octanol–water partition coefficient (Wildman–Crippen LogP) is 1.39. The van der Waals surface area contributed by atoms with E-state index < -0.39 is 0 Å². The van der Waals surface area contributed by atoms with Crippen LogP contribution in [0.15, 0.2) is 15.3 Å². The molecule has 2 N–H and O–H groups in total. The minimum Gasteiger partial charge on any atom is -0.321 e. The van der Waals surface area contributed by atoms with Gasteiger partial charge in [-0.1, -0.05) is 20.8 Å². The van der Waals surface area contributed by atoms with Gasteiger partial charge in [-0.15, -0.1) is 5.11 Å². The zero-order chi connectivity index (χ0) is 8.20. The average molecular weight is 142 g/mol. The van der Waals surface area contributed by atoms with Gasteiger partial charge in [0.05, 0.1) is 0 Å². The summed E-state index contributed by atoms with van der Waals surface area (Å²) >= 11 is 0. The molecule has 0 rings (SSSR count). The van der Waals surface area contributed by atoms with Crippen LogP contribution in [-0.4, -0.2) is 12.9 Å². The zero-order valence-corrected chi connectivity index (χ0v) is 6.92. The summed E-state index contributed by atoms with van der Waals surface area (Å²) in [6.07, 6.45) is 0. The van der Waals surface area contributed by atoms with Crippen molar-refractivity contribution in [3.05, 3.63) is 0 Å². The van der Waals surface area contributed by atoms with E-state index in [-0.39, 0.29) is 5.41 Å². The maximum Gasteiger partial charge on any atom is 0.175 e. The number of hydrogen-bond donors (Lipinski definition) is 1. The Kier molecular flexibility index (Phi) is 2.99. The van der Waals surface area contributed by atoms with Crippen molar-refractivity contribution in [2.45, 2.75) is 20.8 Å². The van der Waals surface area contributed by atoms with Gasteiger partial charge in [0.2, 0.25) is 0 Å². The lowest BCUT2D eigenvalue weighted by Gasteiger charge is -2.14. The highest BCUT2D eigenvalue weighted by molar-refractivity contribution is 5.87. The number of amidine groups is 1. The van der Waals surface area contributed by atoms with E-state index in [9.17, 15) is 0 Å². The van der Waals surface area contributed by atoms with Crippen molar-refractivity contribution in [1.82, 2.24) is 0 Å². The largest absolute Gasteiger partial charge is 0.321 e. The van der Waals surface area contributed by atoms with Gasteiger partial charge in [-0.05, 0) is 0 Å². The highest BCUT2D eigenvalue weighted by Crippen LogP contribution is 2.16. The average Bonchev–Trinajstić information content (AvgIpc) is 1.80. The molecule has 0 aromatic heterocycles. The van der Waals surface area contributed by atoms with Gasteiger partial charge in [0.15, 0.2) is 5.84 Å². The molecule has 0 aromatic carbocycles. The maximum atomic E-state index is 5.08. The van der Waals surface area contributed by atoms with Crippen LogP contribution in [0.25, 0.3) is 0 Å². The Morgan fingerprint density at radius 2 is 1.80 bits per heavy atom. The van der Waals surface area contributed by atoms with Crippen molar-refractivity contribution in [2.24, 2.45) is 26.6 Å². The summed E-state index contributed by atoms with van der Waals surface area (Å²) in [5, 5.41) is 10.9. The van der Waals surface area contributed by atoms with Crippen molar-refractivity contribution in [3.63, 3.8) is 0 Å². The third-order valence-corrected chi connectivity index (χ3v) is 0.988. The lowest BCUT2D eigenvalue weighted by atomic mass is 9.96. The van der Waals surface area contributed by atoms with E-state index in [1.54, 1.807) is 7.05 Å². The lowest BCUT2D eigenvalue weighted by molar-refractivity contribution is 0.579. The van der Waals surface area contributed by atoms with Gasteiger partial charge in [-0.25, -0.2) is 0 Å². The fraction of sp³-hybridized carbons (Fsp3) is 0.833. The fourth-order valence-electron chi connectivity index (χ4n) is 0.464. The topological polar surface area (TPSA) is 63.1 Å². The molecule has 0 fully saturated rings. The van der Waals surface area contributed by atoms with E-state index >= 15 is 0 Å². The van der Waals surface area contributed by atoms with Crippen LogP contribution in [0.1, 0.15) is 20.8 Å². The standard InChI is InChI=1S/C6H14N4/c1-6(2,3)5(9-7)10-8-4/h7H2,1-4H3/b9-5-,10-8-. The van der Waals surface area contributed by atoms with E-state index in [1.165, 1.54) is 0 Å². The van der Waals surface area contributed by atoms with Crippen molar-refractivity contribution >= 4 is 5.84 Å². The summed E-state index contributed by atoms with van der Waals surface area (Å²) in [5.41, 5.74) is -0.117. The highest BCUT2D eigenvalue weighted by Gasteiger charge is 2.18. The number of nitrogens with two attached hydrogens (primary N) is 1. The predicted molar refractivity (Wildman–Crippen MR) is 41.9 cm³/mol. The Balaban J connectivity index is 4.39. The molecule has 0 aliphatic carbocycles. The van der Waals surface area contributed by atoms with E-state index in [0.29, 0.717) is 5.84 Å². The van der Waals surface area contributed by atoms with E-state index in [1.807, 2.05) is 20.8 Å². The van der Waals surface area contributed by atoms with Crippen LogP contribution >= 0.6 is 0 Å². The molecule has 0 aliphatic rings. The summed E-state index contributed by atoms with van der Waals surface area (Å²) in [4.78, 5) is 0. The third kappa shape index (κ3) is 2.57. The molecule has 0 aromatic rings. The minimum absolute atomic E-state index is 0.117. The second kappa shape index (κ2) is 3.29. The van der Waals surface area contributed by atoms with Crippen molar-refractivity contribution in [3.8, 4) is 0 Å². The highest BCUT2D eigenvalue weighted by atomic mass is 15.2. The zero-order valence-electron chi connectivity index (χ0n) is 6.92. The Morgan fingerprint density at radius 3 is 1.90 bits per heavy atom. The van der Waals surface area contributed by atoms with Gasteiger partial charge in [0, 0.05) is 12.5 Å². The normalized spacial score (nSPS) is 14.6. The van der Waals surface area contributed by atoms with Gasteiger partial charge in [0.25, 0.3) is 0 Å². The molecular formula is C6H14N4. The van der Waals surface area contributed by atoms with Gasteiger partial charge in [-0.3, -0.25) is 0 Å². The molecular weight excluding hydrogens is 128 g/mol. The number of hydrogen-bond acceptors (Lipinski definition) is 3. The third-order valence-electron chi connectivity index (χ3n) is 0.988. The molecule has 0 unspecified atom stereocenters. The first-order valence-corrected chi connectivity index (χ1v) is 3.10. The second-order valence-corrected chi connectivity index (χ2v) is 3.00. The summed E-state index contributed by atoms with van der Waals surface area (Å²) in [6, 6.07) is 0. The molecule has 4 heteroatoms. The SMILES string of the molecule is C/N=N\C(=N/N)C(C)(C)C. The molecule has 0 bridgehead atoms. The van der Waals surface area contributed by atoms with Gasteiger partial charge >= 0.3 is 0 Å². The van der Waals surface area contributed by atoms with Crippen molar-refractivity contribution < 1.29 is 0 Å². The smallest absolute Gasteiger partial charge is 0.175 e. The number of azo groups is 1. The number of hydrazone groups is 1. The Labute approximate surface area is 61.2 Å². The number of rotatable bonds is 0. The van der Waals surface area contributed by atoms with Crippen LogP contribution in [-0.2, 0) is 0 Å². The summed E-state index contributed by atoms with van der Waals surface area (Å²) < 4.78 is 0. The van der Waals surface area contributed by atoms with Gasteiger partial charge < -0.3 is 5.84 Å². The quantitative estimate of drug-likeness (QED) is 0.179. The Bertz CT molecular complexity index is 152. The Morgan fingerprint density at radius 1 is 1.30 bits per heavy atom. The van der Waals surface area contributed by atoms with Crippen molar-refractivity contribution in [1.29, 1.82) is 0 Å². The van der Waals surface area contributed by atoms with E-state index in [0.717, 1.165) is 0 Å². The van der Waals surface area contributed by atoms with E-state index in [4.69, 9.17) is 5.84 Å². The van der Waals surface area contributed by atoms with Crippen LogP contribution in [0, 0.1) is 5.41 Å². The van der Waals surface area contributed by atoms with Gasteiger partial charge in [0.1, 0.15) is 0 Å². The molecule has 0 saturated heterocycles. The first-order chi connectivity index (χ1) is 4.52. The fourth-order valence-corrected chi connectivity index (χ4v) is 0.464. The van der Waals surface area contributed by atoms with Crippen LogP contribution < -0.4 is 5.84 Å². The summed E-state index contributed by atoms with van der Waals surface area (Å²) in [5.74, 6) is 5.64. The number of nitrogens with zero attached hydrogens (tertiary/aromatic N) is 3. The van der Waals surface area contributed by atoms with Crippen molar-refractivity contribution in [2.75, 3.05) is 7.05 Å². The van der Waals surface area contributed by atoms with Crippen LogP contribution in [0.4, 0.5) is 0 Å².